The van der Waals surface area contributed by atoms with Gasteiger partial charge in [-0.25, -0.2) is 0 Å². The van der Waals surface area contributed by atoms with Crippen molar-refractivity contribution in [1.82, 2.24) is 10.2 Å². The number of carboxylic acids is 1. The quantitative estimate of drug-likeness (QED) is 0.837. The molecule has 4 rings (SSSR count). The number of hydrogen-bond donors (Lipinski definition) is 2. The molecule has 3 fully saturated rings. The van der Waals surface area contributed by atoms with Gasteiger partial charge in [0.25, 0.3) is 0 Å². The summed E-state index contributed by atoms with van der Waals surface area (Å²) in [5, 5.41) is 12.6. The van der Waals surface area contributed by atoms with Gasteiger partial charge in [-0.2, -0.15) is 0 Å². The molecule has 140 valence electrons. The number of nitrogens with zero attached hydrogens (tertiary/aromatic N) is 1. The lowest BCUT2D eigenvalue weighted by molar-refractivity contribution is -0.148. The first kappa shape index (κ1) is 17.5. The van der Waals surface area contributed by atoms with Gasteiger partial charge >= 0.3 is 5.97 Å². The summed E-state index contributed by atoms with van der Waals surface area (Å²) in [5.74, 6) is -2.26. The van der Waals surface area contributed by atoms with Crippen LogP contribution in [0.1, 0.15) is 31.2 Å². The van der Waals surface area contributed by atoms with Crippen LogP contribution in [-0.4, -0.2) is 53.2 Å². The van der Waals surface area contributed by atoms with Crippen molar-refractivity contribution in [3.8, 4) is 0 Å². The smallest absolute Gasteiger partial charge is 0.310 e. The lowest BCUT2D eigenvalue weighted by Gasteiger charge is -2.33. The third-order valence-corrected chi connectivity index (χ3v) is 6.04. The molecule has 0 aromatic heterocycles. The van der Waals surface area contributed by atoms with Gasteiger partial charge in [-0.1, -0.05) is 30.3 Å². The highest BCUT2D eigenvalue weighted by Crippen LogP contribution is 2.43. The molecule has 1 aromatic rings. The van der Waals surface area contributed by atoms with Gasteiger partial charge in [0.2, 0.25) is 5.91 Å². The number of carboxylic acid groups (broad SMARTS) is 1. The number of fused-ring (bicyclic) bond motifs is 2. The molecule has 0 aliphatic carbocycles. The Morgan fingerprint density at radius 3 is 2.35 bits per heavy atom. The topological polar surface area (TPSA) is 78.9 Å². The molecule has 26 heavy (non-hydrogen) atoms. The maximum atomic E-state index is 12.7. The summed E-state index contributed by atoms with van der Waals surface area (Å²) in [4.78, 5) is 26.7. The predicted molar refractivity (Wildman–Crippen MR) is 95.4 cm³/mol. The number of carbonyl (C=O) groups excluding carboxylic acids is 1. The Balaban J connectivity index is 1.29. The molecular formula is C20H26N2O4. The highest BCUT2D eigenvalue weighted by molar-refractivity contribution is 5.86. The first-order chi connectivity index (χ1) is 12.6. The molecule has 0 spiro atoms. The second kappa shape index (κ2) is 7.37. The lowest BCUT2D eigenvalue weighted by atomic mass is 9.78. The normalized spacial score (nSPS) is 31.8. The number of benzene rings is 1. The van der Waals surface area contributed by atoms with Crippen LogP contribution in [0.2, 0.25) is 0 Å². The number of hydrogen-bond acceptors (Lipinski definition) is 4. The van der Waals surface area contributed by atoms with Crippen molar-refractivity contribution in [2.24, 2.45) is 11.8 Å². The fourth-order valence-electron chi connectivity index (χ4n) is 4.70. The molecule has 2 bridgehead atoms. The molecule has 1 amide bonds. The fraction of sp³-hybridized carbons (Fsp3) is 0.600. The van der Waals surface area contributed by atoms with Crippen LogP contribution in [0, 0.1) is 11.8 Å². The van der Waals surface area contributed by atoms with E-state index in [2.05, 4.69) is 34.5 Å². The molecule has 1 aromatic carbocycles. The van der Waals surface area contributed by atoms with Crippen LogP contribution < -0.4 is 5.32 Å². The van der Waals surface area contributed by atoms with Crippen LogP contribution in [0.5, 0.6) is 0 Å². The van der Waals surface area contributed by atoms with Crippen molar-refractivity contribution in [2.45, 2.75) is 50.5 Å². The van der Waals surface area contributed by atoms with E-state index in [1.165, 1.54) is 5.56 Å². The Hall–Kier alpha value is -1.92. The fourth-order valence-corrected chi connectivity index (χ4v) is 4.70. The number of amides is 1. The number of aliphatic carboxylic acids is 1. The van der Waals surface area contributed by atoms with Crippen LogP contribution in [0.15, 0.2) is 30.3 Å². The molecule has 0 radical (unpaired) electrons. The Bertz CT molecular complexity index is 657. The van der Waals surface area contributed by atoms with Crippen LogP contribution in [0.3, 0.4) is 0 Å². The van der Waals surface area contributed by atoms with E-state index >= 15 is 0 Å². The first-order valence-corrected chi connectivity index (χ1v) is 9.57. The largest absolute Gasteiger partial charge is 0.481 e. The van der Waals surface area contributed by atoms with Crippen LogP contribution in [-0.2, 0) is 20.9 Å². The molecule has 4 atom stereocenters. The molecule has 2 N–H and O–H groups in total. The number of ether oxygens (including phenoxy) is 1. The van der Waals surface area contributed by atoms with E-state index in [-0.39, 0.29) is 24.2 Å². The summed E-state index contributed by atoms with van der Waals surface area (Å²) in [7, 11) is 0. The van der Waals surface area contributed by atoms with Crippen LogP contribution in [0.25, 0.3) is 0 Å². The van der Waals surface area contributed by atoms with Gasteiger partial charge in [0.15, 0.2) is 0 Å². The third kappa shape index (κ3) is 3.48. The van der Waals surface area contributed by atoms with Gasteiger partial charge in [-0.05, 0) is 31.2 Å². The van der Waals surface area contributed by atoms with E-state index in [1.807, 2.05) is 6.07 Å². The third-order valence-electron chi connectivity index (χ3n) is 6.04. The number of likely N-dealkylation sites (tertiary alicyclic amines) is 1. The van der Waals surface area contributed by atoms with Gasteiger partial charge < -0.3 is 15.2 Å². The summed E-state index contributed by atoms with van der Waals surface area (Å²) >= 11 is 0. The maximum absolute atomic E-state index is 12.7. The Morgan fingerprint density at radius 2 is 1.69 bits per heavy atom. The van der Waals surface area contributed by atoms with E-state index in [0.717, 1.165) is 45.3 Å². The van der Waals surface area contributed by atoms with Gasteiger partial charge in [-0.3, -0.25) is 14.5 Å². The van der Waals surface area contributed by atoms with Gasteiger partial charge in [0.1, 0.15) is 0 Å². The van der Waals surface area contributed by atoms with Crippen molar-refractivity contribution in [2.75, 3.05) is 13.1 Å². The van der Waals surface area contributed by atoms with Crippen molar-refractivity contribution in [3.63, 3.8) is 0 Å². The highest BCUT2D eigenvalue weighted by Gasteiger charge is 2.55. The molecule has 3 saturated heterocycles. The SMILES string of the molecule is O=C(O)C1C(C(=O)NC2CCN(Cc3ccccc3)CC2)[C@H]2CC[C@@H]1O2. The van der Waals surface area contributed by atoms with Crippen molar-refractivity contribution < 1.29 is 19.4 Å². The molecule has 2 unspecified atom stereocenters. The van der Waals surface area contributed by atoms with E-state index in [9.17, 15) is 14.7 Å². The molecule has 6 heteroatoms. The van der Waals surface area contributed by atoms with E-state index in [4.69, 9.17) is 4.74 Å². The van der Waals surface area contributed by atoms with E-state index in [1.54, 1.807) is 0 Å². The molecular weight excluding hydrogens is 332 g/mol. The zero-order chi connectivity index (χ0) is 18.1. The van der Waals surface area contributed by atoms with Gasteiger partial charge in [-0.15, -0.1) is 0 Å². The zero-order valence-electron chi connectivity index (χ0n) is 14.8. The molecule has 3 heterocycles. The summed E-state index contributed by atoms with van der Waals surface area (Å²) in [5.41, 5.74) is 1.30. The van der Waals surface area contributed by atoms with E-state index < -0.39 is 17.8 Å². The zero-order valence-corrected chi connectivity index (χ0v) is 14.8. The summed E-state index contributed by atoms with van der Waals surface area (Å²) in [6.45, 7) is 2.81. The van der Waals surface area contributed by atoms with Gasteiger partial charge in [0, 0.05) is 25.7 Å². The summed E-state index contributed by atoms with van der Waals surface area (Å²) < 4.78 is 5.70. The van der Waals surface area contributed by atoms with Crippen molar-refractivity contribution >= 4 is 11.9 Å². The molecule has 3 aliphatic rings. The Morgan fingerprint density at radius 1 is 1.04 bits per heavy atom. The second-order valence-electron chi connectivity index (χ2n) is 7.72. The van der Waals surface area contributed by atoms with Crippen LogP contribution >= 0.6 is 0 Å². The maximum Gasteiger partial charge on any atom is 0.310 e. The lowest BCUT2D eigenvalue weighted by Crippen LogP contribution is -2.50. The molecule has 3 aliphatic heterocycles. The average Bonchev–Trinajstić information content (AvgIpc) is 3.25. The number of nitrogens with one attached hydrogen (secondary N) is 1. The highest BCUT2D eigenvalue weighted by atomic mass is 16.5. The minimum atomic E-state index is -0.907. The monoisotopic (exact) mass is 358 g/mol. The number of carbonyl (C=O) groups is 2. The summed E-state index contributed by atoms with van der Waals surface area (Å²) in [6, 6.07) is 10.5. The van der Waals surface area contributed by atoms with Gasteiger partial charge in [0.05, 0.1) is 24.0 Å². The molecule has 0 saturated carbocycles. The van der Waals surface area contributed by atoms with E-state index in [0.29, 0.717) is 0 Å². The van der Waals surface area contributed by atoms with Crippen molar-refractivity contribution in [1.29, 1.82) is 0 Å². The minimum absolute atomic E-state index is 0.128. The standard InChI is InChI=1S/C20H26N2O4/c23-19(17-15-6-7-16(26-15)18(17)20(24)25)21-14-8-10-22(11-9-14)12-13-4-2-1-3-5-13/h1-5,14-18H,6-12H2,(H,21,23)(H,24,25)/t15-,16+,17?,18?/m1/s1. The number of rotatable bonds is 5. The molecule has 6 nitrogen and oxygen atoms in total. The first-order valence-electron chi connectivity index (χ1n) is 9.57. The Kier molecular flexibility index (Phi) is 4.96. The average molecular weight is 358 g/mol. The Labute approximate surface area is 153 Å². The summed E-state index contributed by atoms with van der Waals surface area (Å²) in [6.07, 6.45) is 2.83. The van der Waals surface area contributed by atoms with Crippen molar-refractivity contribution in [3.05, 3.63) is 35.9 Å². The number of piperidine rings is 1. The predicted octanol–water partition coefficient (Wildman–Crippen LogP) is 1.65. The van der Waals surface area contributed by atoms with Crippen LogP contribution in [0.4, 0.5) is 0 Å². The minimum Gasteiger partial charge on any atom is -0.481 e. The second-order valence-corrected chi connectivity index (χ2v) is 7.72.